The molecule has 0 fully saturated rings. The van der Waals surface area contributed by atoms with Gasteiger partial charge in [-0.3, -0.25) is 9.78 Å². The molecule has 0 aliphatic carbocycles. The first-order valence-electron chi connectivity index (χ1n) is 6.11. The molecular weight excluding hydrogens is 238 g/mol. The molecule has 0 unspecified atom stereocenters. The molecule has 1 aromatic carbocycles. The molecule has 0 spiro atoms. The summed E-state index contributed by atoms with van der Waals surface area (Å²) in [6, 6.07) is 6.05. The number of benzene rings is 1. The van der Waals surface area contributed by atoms with Crippen LogP contribution in [0, 0.1) is 6.92 Å². The molecule has 2 N–H and O–H groups in total. The standard InChI is InChI=1S/C15H11N3O/c1-8-6-17-15(19)13-11-4-10-7-16-3-2-9(10)5-12(11)18-14(8)13/h2-7,18H,1H3,(H,17,19). The van der Waals surface area contributed by atoms with Crippen LogP contribution in [-0.2, 0) is 0 Å². The number of rotatable bonds is 0. The molecule has 0 bridgehead atoms. The van der Waals surface area contributed by atoms with Crippen molar-refractivity contribution in [1.82, 2.24) is 15.0 Å². The summed E-state index contributed by atoms with van der Waals surface area (Å²) in [5.74, 6) is 0. The fraction of sp³-hybridized carbons (Fsp3) is 0.0667. The van der Waals surface area contributed by atoms with Crippen LogP contribution in [-0.4, -0.2) is 15.0 Å². The summed E-state index contributed by atoms with van der Waals surface area (Å²) in [5, 5.41) is 3.82. The Morgan fingerprint density at radius 1 is 1.21 bits per heavy atom. The highest BCUT2D eigenvalue weighted by atomic mass is 16.1. The van der Waals surface area contributed by atoms with Crippen molar-refractivity contribution in [3.05, 3.63) is 52.7 Å². The van der Waals surface area contributed by atoms with Crippen LogP contribution in [0.2, 0.25) is 0 Å². The number of aromatic nitrogens is 3. The molecule has 0 radical (unpaired) electrons. The summed E-state index contributed by atoms with van der Waals surface area (Å²) in [7, 11) is 0. The van der Waals surface area contributed by atoms with Gasteiger partial charge in [0.2, 0.25) is 0 Å². The van der Waals surface area contributed by atoms with Gasteiger partial charge in [-0.25, -0.2) is 0 Å². The molecule has 4 rings (SSSR count). The van der Waals surface area contributed by atoms with E-state index in [1.54, 1.807) is 12.4 Å². The van der Waals surface area contributed by atoms with Gasteiger partial charge in [-0.05, 0) is 36.1 Å². The molecule has 3 aromatic heterocycles. The third-order valence-corrected chi connectivity index (χ3v) is 3.60. The van der Waals surface area contributed by atoms with Crippen LogP contribution in [0.4, 0.5) is 0 Å². The van der Waals surface area contributed by atoms with E-state index in [2.05, 4.69) is 21.0 Å². The van der Waals surface area contributed by atoms with Gasteiger partial charge in [0.15, 0.2) is 0 Å². The van der Waals surface area contributed by atoms with Crippen LogP contribution in [0.25, 0.3) is 32.6 Å². The van der Waals surface area contributed by atoms with Crippen molar-refractivity contribution in [3.63, 3.8) is 0 Å². The maximum atomic E-state index is 12.1. The van der Waals surface area contributed by atoms with Crippen molar-refractivity contribution in [2.45, 2.75) is 6.92 Å². The highest BCUT2D eigenvalue weighted by molar-refractivity contribution is 6.12. The zero-order valence-corrected chi connectivity index (χ0v) is 10.3. The molecule has 92 valence electrons. The van der Waals surface area contributed by atoms with Crippen LogP contribution < -0.4 is 5.56 Å². The Balaban J connectivity index is 2.33. The molecule has 0 amide bonds. The average molecular weight is 249 g/mol. The largest absolute Gasteiger partial charge is 0.354 e. The highest BCUT2D eigenvalue weighted by Gasteiger charge is 2.10. The minimum Gasteiger partial charge on any atom is -0.354 e. The second-order valence-corrected chi connectivity index (χ2v) is 4.80. The Hall–Kier alpha value is -2.62. The predicted octanol–water partition coefficient (Wildman–Crippen LogP) is 2.87. The molecule has 4 heteroatoms. The lowest BCUT2D eigenvalue weighted by molar-refractivity contribution is 1.24. The minimum atomic E-state index is -0.0601. The van der Waals surface area contributed by atoms with Crippen molar-refractivity contribution < 1.29 is 0 Å². The van der Waals surface area contributed by atoms with E-state index >= 15 is 0 Å². The first-order chi connectivity index (χ1) is 9.24. The minimum absolute atomic E-state index is 0.0601. The van der Waals surface area contributed by atoms with E-state index in [9.17, 15) is 4.79 Å². The third-order valence-electron chi connectivity index (χ3n) is 3.60. The van der Waals surface area contributed by atoms with Crippen LogP contribution in [0.3, 0.4) is 0 Å². The summed E-state index contributed by atoms with van der Waals surface area (Å²) in [6.07, 6.45) is 5.33. The van der Waals surface area contributed by atoms with E-state index in [4.69, 9.17) is 0 Å². The van der Waals surface area contributed by atoms with Crippen LogP contribution >= 0.6 is 0 Å². The second kappa shape index (κ2) is 3.45. The van der Waals surface area contributed by atoms with E-state index in [1.807, 2.05) is 25.3 Å². The summed E-state index contributed by atoms with van der Waals surface area (Å²) in [4.78, 5) is 22.3. The molecule has 0 atom stereocenters. The monoisotopic (exact) mass is 249 g/mol. The van der Waals surface area contributed by atoms with Crippen LogP contribution in [0.15, 0.2) is 41.6 Å². The summed E-state index contributed by atoms with van der Waals surface area (Å²) >= 11 is 0. The predicted molar refractivity (Wildman–Crippen MR) is 76.5 cm³/mol. The summed E-state index contributed by atoms with van der Waals surface area (Å²) in [5.41, 5.74) is 2.86. The molecule has 0 saturated carbocycles. The maximum Gasteiger partial charge on any atom is 0.258 e. The number of aromatic amines is 2. The van der Waals surface area contributed by atoms with Gasteiger partial charge in [0, 0.05) is 34.9 Å². The molecule has 4 nitrogen and oxygen atoms in total. The second-order valence-electron chi connectivity index (χ2n) is 4.80. The van der Waals surface area contributed by atoms with Crippen molar-refractivity contribution in [2.24, 2.45) is 0 Å². The zero-order chi connectivity index (χ0) is 13.0. The number of pyridine rings is 2. The molecule has 0 saturated heterocycles. The third kappa shape index (κ3) is 1.34. The van der Waals surface area contributed by atoms with Gasteiger partial charge in [-0.1, -0.05) is 0 Å². The number of hydrogen-bond acceptors (Lipinski definition) is 2. The van der Waals surface area contributed by atoms with E-state index in [0.717, 1.165) is 38.1 Å². The van der Waals surface area contributed by atoms with Crippen LogP contribution in [0.1, 0.15) is 5.56 Å². The van der Waals surface area contributed by atoms with Crippen molar-refractivity contribution in [1.29, 1.82) is 0 Å². The van der Waals surface area contributed by atoms with Gasteiger partial charge in [0.05, 0.1) is 10.9 Å². The number of fused-ring (bicyclic) bond motifs is 4. The van der Waals surface area contributed by atoms with Gasteiger partial charge in [-0.15, -0.1) is 0 Å². The molecule has 3 heterocycles. The lowest BCUT2D eigenvalue weighted by atomic mass is 10.1. The Labute approximate surface area is 108 Å². The molecule has 19 heavy (non-hydrogen) atoms. The maximum absolute atomic E-state index is 12.1. The molecule has 4 aromatic rings. The van der Waals surface area contributed by atoms with Gasteiger partial charge in [0.1, 0.15) is 0 Å². The Bertz CT molecular complexity index is 995. The van der Waals surface area contributed by atoms with Gasteiger partial charge in [-0.2, -0.15) is 0 Å². The lowest BCUT2D eigenvalue weighted by Gasteiger charge is -1.97. The fourth-order valence-corrected chi connectivity index (χ4v) is 2.63. The van der Waals surface area contributed by atoms with Gasteiger partial charge < -0.3 is 9.97 Å². The van der Waals surface area contributed by atoms with Gasteiger partial charge in [0.25, 0.3) is 5.56 Å². The van der Waals surface area contributed by atoms with Crippen molar-refractivity contribution >= 4 is 32.6 Å². The van der Waals surface area contributed by atoms with Crippen molar-refractivity contribution in [2.75, 3.05) is 0 Å². The first kappa shape index (κ1) is 10.3. The smallest absolute Gasteiger partial charge is 0.258 e. The van der Waals surface area contributed by atoms with E-state index in [1.165, 1.54) is 0 Å². The summed E-state index contributed by atoms with van der Waals surface area (Å²) in [6.45, 7) is 1.98. The average Bonchev–Trinajstić information content (AvgIpc) is 2.80. The normalized spacial score (nSPS) is 11.6. The summed E-state index contributed by atoms with van der Waals surface area (Å²) < 4.78 is 0. The van der Waals surface area contributed by atoms with E-state index in [0.29, 0.717) is 0 Å². The topological polar surface area (TPSA) is 61.5 Å². The first-order valence-corrected chi connectivity index (χ1v) is 6.11. The number of aryl methyl sites for hydroxylation is 1. The van der Waals surface area contributed by atoms with Gasteiger partial charge >= 0.3 is 0 Å². The quantitative estimate of drug-likeness (QED) is 0.503. The SMILES string of the molecule is Cc1c[nH]c(=O)c2c1[nH]c1cc3ccncc3cc12. The Morgan fingerprint density at radius 2 is 2.11 bits per heavy atom. The number of H-pyrrole nitrogens is 2. The Kier molecular flexibility index (Phi) is 1.87. The van der Waals surface area contributed by atoms with Crippen LogP contribution in [0.5, 0.6) is 0 Å². The highest BCUT2D eigenvalue weighted by Crippen LogP contribution is 2.28. The lowest BCUT2D eigenvalue weighted by Crippen LogP contribution is -2.04. The number of nitrogens with one attached hydrogen (secondary N) is 2. The van der Waals surface area contributed by atoms with E-state index in [-0.39, 0.29) is 5.56 Å². The molecular formula is C15H11N3O. The number of hydrogen-bond donors (Lipinski definition) is 2. The van der Waals surface area contributed by atoms with Crippen molar-refractivity contribution in [3.8, 4) is 0 Å². The Morgan fingerprint density at radius 3 is 3.00 bits per heavy atom. The molecule has 0 aliphatic heterocycles. The number of nitrogens with zero attached hydrogens (tertiary/aromatic N) is 1. The fourth-order valence-electron chi connectivity index (χ4n) is 2.63. The van der Waals surface area contributed by atoms with E-state index < -0.39 is 0 Å². The molecule has 0 aliphatic rings. The zero-order valence-electron chi connectivity index (χ0n) is 10.3.